The van der Waals surface area contributed by atoms with Crippen LogP contribution < -0.4 is 4.74 Å². The minimum absolute atomic E-state index is 0.0473. The highest BCUT2D eigenvalue weighted by molar-refractivity contribution is 5.69. The molecule has 1 saturated carbocycles. The third-order valence-corrected chi connectivity index (χ3v) is 6.73. The number of ether oxygens (including phenoxy) is 1. The number of benzene rings is 1. The van der Waals surface area contributed by atoms with Crippen LogP contribution in [0.15, 0.2) is 72.1 Å². The number of aromatic nitrogens is 3. The molecule has 5 rings (SSSR count). The van der Waals surface area contributed by atoms with Gasteiger partial charge in [0.25, 0.3) is 0 Å². The number of hydrogen-bond acceptors (Lipinski definition) is 4. The summed E-state index contributed by atoms with van der Waals surface area (Å²) in [7, 11) is 0. The summed E-state index contributed by atoms with van der Waals surface area (Å²) in [6.45, 7) is 12.0. The van der Waals surface area contributed by atoms with Crippen molar-refractivity contribution in [2.75, 3.05) is 6.61 Å². The summed E-state index contributed by atoms with van der Waals surface area (Å²) in [6, 6.07) is 9.66. The molecule has 42 heavy (non-hydrogen) atoms. The maximum atomic E-state index is 13.1. The maximum Gasteiger partial charge on any atom is 0.416 e. The molecule has 2 heterocycles. The number of hydrogen-bond donors (Lipinski definition) is 0. The summed E-state index contributed by atoms with van der Waals surface area (Å²) in [5, 5.41) is 13.9. The van der Waals surface area contributed by atoms with Gasteiger partial charge in [-0.3, -0.25) is 0 Å². The number of alkyl halides is 3. The van der Waals surface area contributed by atoms with Crippen LogP contribution in [0.4, 0.5) is 13.2 Å². The van der Waals surface area contributed by atoms with Gasteiger partial charge in [-0.2, -0.15) is 23.5 Å². The van der Waals surface area contributed by atoms with Gasteiger partial charge in [0, 0.05) is 17.7 Å². The van der Waals surface area contributed by atoms with Crippen molar-refractivity contribution in [1.82, 2.24) is 14.6 Å². The summed E-state index contributed by atoms with van der Waals surface area (Å²) >= 11 is 0. The van der Waals surface area contributed by atoms with E-state index >= 15 is 0 Å². The predicted molar refractivity (Wildman–Crippen MR) is 164 cm³/mol. The summed E-state index contributed by atoms with van der Waals surface area (Å²) in [5.74, 6) is 0.893. The Morgan fingerprint density at radius 1 is 0.976 bits per heavy atom. The summed E-state index contributed by atoms with van der Waals surface area (Å²) in [4.78, 5) is 4.53. The van der Waals surface area contributed by atoms with Crippen molar-refractivity contribution in [3.05, 3.63) is 83.4 Å². The van der Waals surface area contributed by atoms with E-state index in [1.54, 1.807) is 12.3 Å². The predicted octanol–water partition coefficient (Wildman–Crippen LogP) is 10.1. The monoisotopic (exact) mass is 580 g/mol. The molecule has 8 heteroatoms. The maximum absolute atomic E-state index is 13.1. The second-order valence-corrected chi connectivity index (χ2v) is 9.13. The van der Waals surface area contributed by atoms with E-state index in [9.17, 15) is 18.4 Å². The third-order valence-electron chi connectivity index (χ3n) is 6.73. The summed E-state index contributed by atoms with van der Waals surface area (Å²) < 4.78 is 47.0. The number of halogens is 3. The molecule has 0 bridgehead atoms. The molecule has 1 fully saturated rings. The SMILES string of the molecule is CC.CC.CC.N#Cc1cnn2c(C3CCCCC3)c(-c3ccc(OCC4=CCC=CC(C(F)(F)F)=C4)cc3)cnc12. The molecular weight excluding hydrogens is 537 g/mol. The second-order valence-electron chi connectivity index (χ2n) is 9.13. The summed E-state index contributed by atoms with van der Waals surface area (Å²) in [6.07, 6.45) is 10.5. The molecule has 0 radical (unpaired) electrons. The largest absolute Gasteiger partial charge is 0.489 e. The molecule has 5 nitrogen and oxygen atoms in total. The first-order valence-electron chi connectivity index (χ1n) is 15.1. The lowest BCUT2D eigenvalue weighted by Gasteiger charge is -2.25. The Bertz CT molecular complexity index is 1390. The zero-order chi connectivity index (χ0) is 31.1. The lowest BCUT2D eigenvalue weighted by molar-refractivity contribution is -0.0882. The van der Waals surface area contributed by atoms with Crippen molar-refractivity contribution < 1.29 is 17.9 Å². The smallest absolute Gasteiger partial charge is 0.416 e. The highest BCUT2D eigenvalue weighted by Gasteiger charge is 2.32. The van der Waals surface area contributed by atoms with E-state index < -0.39 is 11.7 Å². The van der Waals surface area contributed by atoms with Crippen LogP contribution in [0.5, 0.6) is 5.75 Å². The molecule has 0 atom stereocenters. The Labute approximate surface area is 248 Å². The van der Waals surface area contributed by atoms with Crippen LogP contribution in [-0.2, 0) is 0 Å². The van der Waals surface area contributed by atoms with E-state index in [1.807, 2.05) is 76.5 Å². The van der Waals surface area contributed by atoms with Gasteiger partial charge in [0.2, 0.25) is 0 Å². The van der Waals surface area contributed by atoms with E-state index in [-0.39, 0.29) is 6.61 Å². The Morgan fingerprint density at radius 3 is 2.26 bits per heavy atom. The third kappa shape index (κ3) is 8.58. The molecule has 226 valence electrons. The van der Waals surface area contributed by atoms with Crippen LogP contribution in [0.1, 0.15) is 97.2 Å². The molecule has 3 aromatic rings. The van der Waals surface area contributed by atoms with Gasteiger partial charge in [-0.15, -0.1) is 0 Å². The molecule has 0 spiro atoms. The number of nitrogens with zero attached hydrogens (tertiary/aromatic N) is 4. The number of allylic oxidation sites excluding steroid dienone is 4. The van der Waals surface area contributed by atoms with Crippen molar-refractivity contribution in [2.24, 2.45) is 0 Å². The first kappa shape index (κ1) is 34.3. The van der Waals surface area contributed by atoms with Crippen molar-refractivity contribution in [2.45, 2.75) is 92.2 Å². The fourth-order valence-electron chi connectivity index (χ4n) is 4.91. The second kappa shape index (κ2) is 17.2. The average molecular weight is 581 g/mol. The zero-order valence-corrected chi connectivity index (χ0v) is 25.6. The molecule has 1 aromatic carbocycles. The van der Waals surface area contributed by atoms with Crippen molar-refractivity contribution in [3.8, 4) is 22.9 Å². The zero-order valence-electron chi connectivity index (χ0n) is 25.6. The van der Waals surface area contributed by atoms with E-state index in [0.717, 1.165) is 54.7 Å². The lowest BCUT2D eigenvalue weighted by Crippen LogP contribution is -2.12. The van der Waals surface area contributed by atoms with E-state index in [0.29, 0.717) is 34.9 Å². The first-order chi connectivity index (χ1) is 20.4. The fraction of sp³-hybridized carbons (Fsp3) is 0.441. The highest BCUT2D eigenvalue weighted by atomic mass is 19.4. The minimum Gasteiger partial charge on any atom is -0.489 e. The molecular formula is C34H43F3N4O. The van der Waals surface area contributed by atoms with Crippen molar-refractivity contribution >= 4 is 5.65 Å². The number of rotatable bonds is 5. The van der Waals surface area contributed by atoms with Gasteiger partial charge < -0.3 is 4.74 Å². The molecule has 0 aliphatic heterocycles. The van der Waals surface area contributed by atoms with Crippen molar-refractivity contribution in [1.29, 1.82) is 5.26 Å². The van der Waals surface area contributed by atoms with Gasteiger partial charge in [-0.1, -0.05) is 91.2 Å². The average Bonchev–Trinajstić information content (AvgIpc) is 3.30. The molecule has 0 N–H and O–H groups in total. The first-order valence-corrected chi connectivity index (χ1v) is 15.1. The van der Waals surface area contributed by atoms with Crippen LogP contribution in [0.3, 0.4) is 0 Å². The van der Waals surface area contributed by atoms with Gasteiger partial charge in [-0.05, 0) is 48.6 Å². The quantitative estimate of drug-likeness (QED) is 0.301. The van der Waals surface area contributed by atoms with Crippen LogP contribution in [-0.4, -0.2) is 27.4 Å². The van der Waals surface area contributed by atoms with Crippen LogP contribution in [0.2, 0.25) is 0 Å². The Morgan fingerprint density at radius 2 is 1.64 bits per heavy atom. The van der Waals surface area contributed by atoms with Gasteiger partial charge in [0.1, 0.15) is 24.0 Å². The van der Waals surface area contributed by atoms with E-state index in [2.05, 4.69) is 16.2 Å². The summed E-state index contributed by atoms with van der Waals surface area (Å²) in [5.41, 5.74) is 3.80. The van der Waals surface area contributed by atoms with Crippen LogP contribution in [0.25, 0.3) is 16.8 Å². The molecule has 2 aliphatic carbocycles. The molecule has 0 unspecified atom stereocenters. The normalized spacial score (nSPS) is 14.9. The lowest BCUT2D eigenvalue weighted by atomic mass is 9.84. The Balaban J connectivity index is 0.000000966. The van der Waals surface area contributed by atoms with Gasteiger partial charge in [-0.25, -0.2) is 9.50 Å². The van der Waals surface area contributed by atoms with Gasteiger partial charge in [0.05, 0.1) is 17.5 Å². The van der Waals surface area contributed by atoms with Crippen LogP contribution >= 0.6 is 0 Å². The Kier molecular flexibility index (Phi) is 14.0. The van der Waals surface area contributed by atoms with Crippen molar-refractivity contribution in [3.63, 3.8) is 0 Å². The van der Waals surface area contributed by atoms with Gasteiger partial charge >= 0.3 is 6.18 Å². The molecule has 0 amide bonds. The number of fused-ring (bicyclic) bond motifs is 1. The molecule has 2 aromatic heterocycles. The number of nitriles is 1. The standard InChI is InChI=1S/C28H25F3N4O.3C2H6/c29-28(30,31)23-9-5-4-6-19(14-23)18-36-24-12-10-20(11-13-24)25-17-33-27-22(15-32)16-34-35(27)26(25)21-7-2-1-3-8-21;3*1-2/h5-6,9-14,16-17,21H,1-4,7-8,18H2;3*1-2H3. The fourth-order valence-corrected chi connectivity index (χ4v) is 4.91. The Hall–Kier alpha value is -3.86. The van der Waals surface area contributed by atoms with Gasteiger partial charge in [0.15, 0.2) is 5.65 Å². The van der Waals surface area contributed by atoms with E-state index in [1.165, 1.54) is 12.5 Å². The van der Waals surface area contributed by atoms with E-state index in [4.69, 9.17) is 4.74 Å². The molecule has 2 aliphatic rings. The topological polar surface area (TPSA) is 63.2 Å². The minimum atomic E-state index is -4.39. The molecule has 0 saturated heterocycles. The van der Waals surface area contributed by atoms with Crippen LogP contribution in [0, 0.1) is 11.3 Å². The highest BCUT2D eigenvalue weighted by Crippen LogP contribution is 2.38.